The molecule has 0 aliphatic heterocycles. The molecule has 0 bridgehead atoms. The van der Waals surface area contributed by atoms with Gasteiger partial charge in [-0.05, 0) is 12.8 Å². The van der Waals surface area contributed by atoms with Gasteiger partial charge in [0.15, 0.2) is 12.1 Å². The van der Waals surface area contributed by atoms with Gasteiger partial charge in [0.05, 0.1) is 0 Å². The molecule has 1 aliphatic carbocycles. The first-order chi connectivity index (χ1) is 5.84. The summed E-state index contributed by atoms with van der Waals surface area (Å²) >= 11 is 0. The molecule has 1 saturated carbocycles. The Hall–Kier alpha value is -0.660. The molecule has 0 unspecified atom stereocenters. The van der Waals surface area contributed by atoms with Gasteiger partial charge in [0, 0.05) is 5.92 Å². The summed E-state index contributed by atoms with van der Waals surface area (Å²) in [5.41, 5.74) is 0. The Labute approximate surface area is 74.3 Å². The highest BCUT2D eigenvalue weighted by molar-refractivity contribution is 6.25. The number of ketones is 1. The van der Waals surface area contributed by atoms with E-state index < -0.39 is 0 Å². The maximum Gasteiger partial charge on any atom is 0.198 e. The summed E-state index contributed by atoms with van der Waals surface area (Å²) in [6, 6.07) is 0. The third-order valence-electron chi connectivity index (χ3n) is 2.12. The fourth-order valence-corrected chi connectivity index (χ4v) is 1.48. The van der Waals surface area contributed by atoms with Crippen molar-refractivity contribution in [1.82, 2.24) is 0 Å². The summed E-state index contributed by atoms with van der Waals surface area (Å²) in [4.78, 5) is 20.9. The van der Waals surface area contributed by atoms with Crippen molar-refractivity contribution in [3.05, 3.63) is 0 Å². The largest absolute Gasteiger partial charge is 0.295 e. The van der Waals surface area contributed by atoms with Gasteiger partial charge < -0.3 is 0 Å². The molecule has 0 aromatic heterocycles. The molecule has 0 aromatic rings. The number of hydrogen-bond donors (Lipinski definition) is 0. The molecule has 0 heterocycles. The van der Waals surface area contributed by atoms with Crippen LogP contribution in [-0.2, 0) is 9.59 Å². The Morgan fingerprint density at radius 2 is 1.67 bits per heavy atom. The van der Waals surface area contributed by atoms with Gasteiger partial charge >= 0.3 is 0 Å². The van der Waals surface area contributed by atoms with Crippen LogP contribution < -0.4 is 0 Å². The molecule has 0 aromatic carbocycles. The molecule has 1 rings (SSSR count). The first-order valence-electron chi connectivity index (χ1n) is 4.83. The first kappa shape index (κ1) is 11.3. The van der Waals surface area contributed by atoms with E-state index in [1.807, 2.05) is 13.8 Å². The van der Waals surface area contributed by atoms with Crippen molar-refractivity contribution in [2.24, 2.45) is 5.92 Å². The Bertz CT molecular complexity index is 135. The van der Waals surface area contributed by atoms with E-state index in [9.17, 15) is 9.59 Å². The summed E-state index contributed by atoms with van der Waals surface area (Å²) in [5, 5.41) is 0. The third-order valence-corrected chi connectivity index (χ3v) is 2.12. The first-order valence-corrected chi connectivity index (χ1v) is 4.83. The van der Waals surface area contributed by atoms with Crippen molar-refractivity contribution in [1.29, 1.82) is 0 Å². The second-order valence-corrected chi connectivity index (χ2v) is 2.86. The van der Waals surface area contributed by atoms with Crippen LogP contribution in [0.4, 0.5) is 0 Å². The molecule has 1 aliphatic rings. The lowest BCUT2D eigenvalue weighted by molar-refractivity contribution is -0.133. The third kappa shape index (κ3) is 3.65. The Morgan fingerprint density at radius 1 is 1.17 bits per heavy atom. The lowest BCUT2D eigenvalue weighted by Gasteiger charge is -2.17. The minimum atomic E-state index is -0.195. The van der Waals surface area contributed by atoms with E-state index in [1.165, 1.54) is 6.42 Å². The maximum absolute atomic E-state index is 10.8. The monoisotopic (exact) mass is 170 g/mol. The van der Waals surface area contributed by atoms with Crippen molar-refractivity contribution < 1.29 is 9.59 Å². The summed E-state index contributed by atoms with van der Waals surface area (Å²) in [5.74, 6) is -0.133. The summed E-state index contributed by atoms with van der Waals surface area (Å²) in [7, 11) is 0. The molecule has 70 valence electrons. The van der Waals surface area contributed by atoms with Crippen molar-refractivity contribution in [3.63, 3.8) is 0 Å². The van der Waals surface area contributed by atoms with E-state index in [4.69, 9.17) is 0 Å². The van der Waals surface area contributed by atoms with Crippen LogP contribution in [0.3, 0.4) is 0 Å². The molecule has 0 N–H and O–H groups in total. The van der Waals surface area contributed by atoms with E-state index >= 15 is 0 Å². The average Bonchev–Trinajstić information content (AvgIpc) is 2.21. The average molecular weight is 170 g/mol. The summed E-state index contributed by atoms with van der Waals surface area (Å²) in [6.45, 7) is 4.00. The summed E-state index contributed by atoms with van der Waals surface area (Å²) < 4.78 is 0. The van der Waals surface area contributed by atoms with Crippen LogP contribution in [-0.4, -0.2) is 12.1 Å². The van der Waals surface area contributed by atoms with E-state index in [2.05, 4.69) is 0 Å². The van der Waals surface area contributed by atoms with Crippen LogP contribution >= 0.6 is 0 Å². The van der Waals surface area contributed by atoms with E-state index in [-0.39, 0.29) is 11.7 Å². The summed E-state index contributed by atoms with van der Waals surface area (Å²) in [6.07, 6.45) is 5.78. The standard InChI is InChI=1S/C8H12O2.C2H6/c9-6-8(10)7-4-2-1-3-5-7;1-2/h6-7H,1-5H2;1-2H3. The van der Waals surface area contributed by atoms with Gasteiger partial charge in [-0.15, -0.1) is 0 Å². The molecular weight excluding hydrogens is 152 g/mol. The number of hydrogen-bond acceptors (Lipinski definition) is 2. The SMILES string of the molecule is CC.O=CC(=O)C1CCCCC1. The number of Topliss-reactive ketones (excluding diaryl/α,β-unsaturated/α-hetero) is 1. The predicted octanol–water partition coefficient (Wildman–Crippen LogP) is 2.36. The van der Waals surface area contributed by atoms with Crippen LogP contribution in [0.2, 0.25) is 0 Å². The Morgan fingerprint density at radius 3 is 2.08 bits per heavy atom. The molecule has 12 heavy (non-hydrogen) atoms. The van der Waals surface area contributed by atoms with Gasteiger partial charge in [0.1, 0.15) is 0 Å². The number of aldehydes is 1. The van der Waals surface area contributed by atoms with Crippen LogP contribution in [0.1, 0.15) is 46.0 Å². The topological polar surface area (TPSA) is 34.1 Å². The zero-order valence-electron chi connectivity index (χ0n) is 8.01. The Kier molecular flexibility index (Phi) is 6.63. The van der Waals surface area contributed by atoms with Crippen molar-refractivity contribution in [2.75, 3.05) is 0 Å². The Balaban J connectivity index is 0.000000561. The second-order valence-electron chi connectivity index (χ2n) is 2.86. The van der Waals surface area contributed by atoms with Gasteiger partial charge in [-0.25, -0.2) is 0 Å². The maximum atomic E-state index is 10.8. The van der Waals surface area contributed by atoms with Gasteiger partial charge in [0.25, 0.3) is 0 Å². The molecular formula is C10H18O2. The van der Waals surface area contributed by atoms with Crippen LogP contribution in [0, 0.1) is 5.92 Å². The van der Waals surface area contributed by atoms with Gasteiger partial charge in [-0.2, -0.15) is 0 Å². The van der Waals surface area contributed by atoms with Gasteiger partial charge in [0.2, 0.25) is 0 Å². The molecule has 0 amide bonds. The molecule has 2 heteroatoms. The molecule has 0 radical (unpaired) electrons. The minimum Gasteiger partial charge on any atom is -0.295 e. The number of rotatable bonds is 2. The van der Waals surface area contributed by atoms with Crippen molar-refractivity contribution in [2.45, 2.75) is 46.0 Å². The lowest BCUT2D eigenvalue weighted by atomic mass is 9.87. The zero-order chi connectivity index (χ0) is 9.40. The van der Waals surface area contributed by atoms with E-state index in [1.54, 1.807) is 0 Å². The molecule has 1 fully saturated rings. The predicted molar refractivity (Wildman–Crippen MR) is 49.0 cm³/mol. The normalized spacial score (nSPS) is 17.5. The molecule has 0 saturated heterocycles. The second kappa shape index (κ2) is 7.01. The van der Waals surface area contributed by atoms with Crippen molar-refractivity contribution in [3.8, 4) is 0 Å². The van der Waals surface area contributed by atoms with E-state index in [0.717, 1.165) is 25.7 Å². The number of carbonyl (C=O) groups is 2. The fraction of sp³-hybridized carbons (Fsp3) is 0.800. The van der Waals surface area contributed by atoms with Gasteiger partial charge in [-0.3, -0.25) is 9.59 Å². The van der Waals surface area contributed by atoms with E-state index in [0.29, 0.717) is 6.29 Å². The zero-order valence-corrected chi connectivity index (χ0v) is 8.01. The van der Waals surface area contributed by atoms with Crippen LogP contribution in [0.25, 0.3) is 0 Å². The lowest BCUT2D eigenvalue weighted by Crippen LogP contribution is -2.18. The molecule has 0 atom stereocenters. The molecule has 2 nitrogen and oxygen atoms in total. The highest BCUT2D eigenvalue weighted by atomic mass is 16.2. The van der Waals surface area contributed by atoms with Crippen molar-refractivity contribution >= 4 is 12.1 Å². The number of carbonyl (C=O) groups excluding carboxylic acids is 2. The highest BCUT2D eigenvalue weighted by Crippen LogP contribution is 2.23. The van der Waals surface area contributed by atoms with Gasteiger partial charge in [-0.1, -0.05) is 33.1 Å². The molecule has 0 spiro atoms. The minimum absolute atomic E-state index is 0.0613. The van der Waals surface area contributed by atoms with Crippen LogP contribution in [0.15, 0.2) is 0 Å². The fourth-order valence-electron chi connectivity index (χ4n) is 1.48. The smallest absolute Gasteiger partial charge is 0.198 e. The highest BCUT2D eigenvalue weighted by Gasteiger charge is 2.19. The van der Waals surface area contributed by atoms with Crippen LogP contribution in [0.5, 0.6) is 0 Å². The quantitative estimate of drug-likeness (QED) is 0.471.